The molecule has 0 saturated carbocycles. The monoisotopic (exact) mass is 277 g/mol. The normalized spacial score (nSPS) is 12.8. The largest absolute Gasteiger partial charge is 0.454 e. The number of fused-ring (bicyclic) bond motifs is 1. The van der Waals surface area contributed by atoms with Crippen molar-refractivity contribution in [2.45, 2.75) is 51.6 Å². The zero-order chi connectivity index (χ0) is 14.0. The minimum atomic E-state index is 0.327. The van der Waals surface area contributed by atoms with E-state index in [0.29, 0.717) is 13.4 Å². The fourth-order valence-corrected chi connectivity index (χ4v) is 2.31. The first-order chi connectivity index (χ1) is 9.90. The topological polar surface area (TPSA) is 27.7 Å². The molecule has 1 radical (unpaired) electrons. The molecule has 0 aliphatic carbocycles. The SMILES string of the molecule is [CH2]CCCCCCCCOCc1ccc2c(c1)OCO2. The van der Waals surface area contributed by atoms with Crippen LogP contribution in [0.2, 0.25) is 0 Å². The van der Waals surface area contributed by atoms with E-state index in [1.165, 1.54) is 32.1 Å². The van der Waals surface area contributed by atoms with Crippen LogP contribution in [-0.4, -0.2) is 13.4 Å². The minimum absolute atomic E-state index is 0.327. The van der Waals surface area contributed by atoms with Gasteiger partial charge in [0.15, 0.2) is 11.5 Å². The molecule has 1 aliphatic rings. The van der Waals surface area contributed by atoms with E-state index in [1.54, 1.807) is 0 Å². The summed E-state index contributed by atoms with van der Waals surface area (Å²) in [7, 11) is 0. The lowest BCUT2D eigenvalue weighted by molar-refractivity contribution is 0.116. The first-order valence-corrected chi connectivity index (χ1v) is 7.65. The molecular formula is C17H25O3. The summed E-state index contributed by atoms with van der Waals surface area (Å²) >= 11 is 0. The van der Waals surface area contributed by atoms with Gasteiger partial charge in [-0.25, -0.2) is 0 Å². The third-order valence-corrected chi connectivity index (χ3v) is 3.49. The highest BCUT2D eigenvalue weighted by molar-refractivity contribution is 5.44. The average molecular weight is 277 g/mol. The lowest BCUT2D eigenvalue weighted by atomic mass is 10.1. The smallest absolute Gasteiger partial charge is 0.231 e. The molecule has 0 bridgehead atoms. The van der Waals surface area contributed by atoms with Crippen LogP contribution in [0.25, 0.3) is 0 Å². The second kappa shape index (κ2) is 8.85. The third-order valence-electron chi connectivity index (χ3n) is 3.49. The van der Waals surface area contributed by atoms with Gasteiger partial charge in [-0.15, -0.1) is 0 Å². The molecule has 0 saturated heterocycles. The van der Waals surface area contributed by atoms with Crippen LogP contribution < -0.4 is 9.47 Å². The van der Waals surface area contributed by atoms with Crippen LogP contribution in [0, 0.1) is 6.92 Å². The molecule has 3 nitrogen and oxygen atoms in total. The zero-order valence-corrected chi connectivity index (χ0v) is 12.2. The van der Waals surface area contributed by atoms with Crippen molar-refractivity contribution >= 4 is 0 Å². The number of hydrogen-bond donors (Lipinski definition) is 0. The average Bonchev–Trinajstić information content (AvgIpc) is 2.93. The van der Waals surface area contributed by atoms with Gasteiger partial charge in [-0.2, -0.15) is 0 Å². The van der Waals surface area contributed by atoms with Crippen LogP contribution in [0.3, 0.4) is 0 Å². The lowest BCUT2D eigenvalue weighted by Crippen LogP contribution is -1.96. The van der Waals surface area contributed by atoms with E-state index in [0.717, 1.165) is 36.5 Å². The second-order valence-electron chi connectivity index (χ2n) is 5.22. The predicted octanol–water partition coefficient (Wildman–Crippen LogP) is 4.50. The number of hydrogen-bond acceptors (Lipinski definition) is 3. The third kappa shape index (κ3) is 5.04. The molecule has 20 heavy (non-hydrogen) atoms. The van der Waals surface area contributed by atoms with Crippen molar-refractivity contribution in [3.05, 3.63) is 30.7 Å². The maximum absolute atomic E-state index is 5.70. The van der Waals surface area contributed by atoms with E-state index in [2.05, 4.69) is 6.92 Å². The minimum Gasteiger partial charge on any atom is -0.454 e. The summed E-state index contributed by atoms with van der Waals surface area (Å²) in [5, 5.41) is 0. The van der Waals surface area contributed by atoms with E-state index < -0.39 is 0 Å². The molecule has 0 fully saturated rings. The van der Waals surface area contributed by atoms with Crippen LogP contribution in [0.4, 0.5) is 0 Å². The Balaban J connectivity index is 1.51. The summed E-state index contributed by atoms with van der Waals surface area (Å²) in [4.78, 5) is 0. The van der Waals surface area contributed by atoms with E-state index in [4.69, 9.17) is 14.2 Å². The highest BCUT2D eigenvalue weighted by Gasteiger charge is 2.12. The summed E-state index contributed by atoms with van der Waals surface area (Å²) in [6, 6.07) is 5.98. The highest BCUT2D eigenvalue weighted by atomic mass is 16.7. The summed E-state index contributed by atoms with van der Waals surface area (Å²) in [5.74, 6) is 1.66. The molecule has 1 aromatic carbocycles. The number of unbranched alkanes of at least 4 members (excludes halogenated alkanes) is 6. The fourth-order valence-electron chi connectivity index (χ4n) is 2.31. The van der Waals surface area contributed by atoms with Crippen molar-refractivity contribution in [3.63, 3.8) is 0 Å². The lowest BCUT2D eigenvalue weighted by Gasteiger charge is -2.05. The van der Waals surface area contributed by atoms with Crippen molar-refractivity contribution < 1.29 is 14.2 Å². The molecule has 0 atom stereocenters. The van der Waals surface area contributed by atoms with Gasteiger partial charge in [-0.1, -0.05) is 51.5 Å². The molecule has 1 aromatic rings. The van der Waals surface area contributed by atoms with Gasteiger partial charge in [0.2, 0.25) is 6.79 Å². The fraction of sp³-hybridized carbons (Fsp3) is 0.588. The Bertz CT molecular complexity index is 390. The summed E-state index contributed by atoms with van der Waals surface area (Å²) in [5.41, 5.74) is 1.14. The van der Waals surface area contributed by atoms with Gasteiger partial charge in [-0.3, -0.25) is 0 Å². The van der Waals surface area contributed by atoms with Gasteiger partial charge in [0.25, 0.3) is 0 Å². The van der Waals surface area contributed by atoms with Crippen molar-refractivity contribution in [1.82, 2.24) is 0 Å². The molecule has 0 aromatic heterocycles. The Labute approximate surface area is 122 Å². The molecule has 111 valence electrons. The molecule has 3 heteroatoms. The molecule has 0 N–H and O–H groups in total. The second-order valence-corrected chi connectivity index (χ2v) is 5.22. The molecule has 0 spiro atoms. The van der Waals surface area contributed by atoms with Gasteiger partial charge >= 0.3 is 0 Å². The first-order valence-electron chi connectivity index (χ1n) is 7.65. The van der Waals surface area contributed by atoms with Gasteiger partial charge < -0.3 is 14.2 Å². The molecule has 2 rings (SSSR count). The summed E-state index contributed by atoms with van der Waals surface area (Å²) in [6.45, 7) is 5.67. The van der Waals surface area contributed by atoms with Crippen molar-refractivity contribution in [3.8, 4) is 11.5 Å². The molecule has 0 unspecified atom stereocenters. The van der Waals surface area contributed by atoms with E-state index in [9.17, 15) is 0 Å². The van der Waals surface area contributed by atoms with Crippen LogP contribution in [-0.2, 0) is 11.3 Å². The van der Waals surface area contributed by atoms with Gasteiger partial charge in [0, 0.05) is 6.61 Å². The van der Waals surface area contributed by atoms with Crippen LogP contribution in [0.5, 0.6) is 11.5 Å². The zero-order valence-electron chi connectivity index (χ0n) is 12.2. The maximum Gasteiger partial charge on any atom is 0.231 e. The summed E-state index contributed by atoms with van der Waals surface area (Å²) in [6.07, 6.45) is 8.71. The molecule has 1 aliphatic heterocycles. The van der Waals surface area contributed by atoms with Crippen LogP contribution in [0.15, 0.2) is 18.2 Å². The Morgan fingerprint density at radius 3 is 2.55 bits per heavy atom. The van der Waals surface area contributed by atoms with Crippen molar-refractivity contribution in [2.24, 2.45) is 0 Å². The van der Waals surface area contributed by atoms with Gasteiger partial charge in [-0.05, 0) is 24.1 Å². The first kappa shape index (κ1) is 15.2. The Hall–Kier alpha value is -1.22. The van der Waals surface area contributed by atoms with E-state index in [1.807, 2.05) is 18.2 Å². The molecule has 0 amide bonds. The quantitative estimate of drug-likeness (QED) is 0.589. The van der Waals surface area contributed by atoms with Gasteiger partial charge in [0.05, 0.1) is 6.61 Å². The number of rotatable bonds is 10. The van der Waals surface area contributed by atoms with Crippen LogP contribution in [0.1, 0.15) is 50.5 Å². The standard InChI is InChI=1S/C17H25O3/c1-2-3-4-5-6-7-8-11-18-13-15-9-10-16-17(12-15)20-14-19-16/h9-10,12H,1-8,11,13-14H2. The van der Waals surface area contributed by atoms with Crippen molar-refractivity contribution in [1.29, 1.82) is 0 Å². The van der Waals surface area contributed by atoms with Gasteiger partial charge in [0.1, 0.15) is 0 Å². The predicted molar refractivity (Wildman–Crippen MR) is 79.9 cm³/mol. The molecular weight excluding hydrogens is 252 g/mol. The highest BCUT2D eigenvalue weighted by Crippen LogP contribution is 2.32. The van der Waals surface area contributed by atoms with Crippen molar-refractivity contribution in [2.75, 3.05) is 13.4 Å². The Kier molecular flexibility index (Phi) is 6.72. The van der Waals surface area contributed by atoms with E-state index in [-0.39, 0.29) is 0 Å². The Morgan fingerprint density at radius 1 is 0.950 bits per heavy atom. The van der Waals surface area contributed by atoms with Crippen LogP contribution >= 0.6 is 0 Å². The Morgan fingerprint density at radius 2 is 1.70 bits per heavy atom. The van der Waals surface area contributed by atoms with E-state index >= 15 is 0 Å². The maximum atomic E-state index is 5.70. The summed E-state index contributed by atoms with van der Waals surface area (Å²) < 4.78 is 16.3. The molecule has 1 heterocycles. The number of ether oxygens (including phenoxy) is 3. The number of benzene rings is 1.